The predicted molar refractivity (Wildman–Crippen MR) is 110 cm³/mol. The van der Waals surface area contributed by atoms with Gasteiger partial charge in [0.2, 0.25) is 0 Å². The third-order valence-electron chi connectivity index (χ3n) is 4.12. The normalized spacial score (nSPS) is 17.5. The summed E-state index contributed by atoms with van der Waals surface area (Å²) in [7, 11) is 0. The second-order valence-corrected chi connectivity index (χ2v) is 7.28. The fourth-order valence-electron chi connectivity index (χ4n) is 2.65. The van der Waals surface area contributed by atoms with Crippen LogP contribution in [0.25, 0.3) is 5.57 Å². The van der Waals surface area contributed by atoms with Gasteiger partial charge in [0.1, 0.15) is 0 Å². The van der Waals surface area contributed by atoms with E-state index in [1.807, 2.05) is 26.0 Å². The van der Waals surface area contributed by atoms with Crippen LogP contribution in [0, 0.1) is 0 Å². The van der Waals surface area contributed by atoms with Crippen molar-refractivity contribution in [2.45, 2.75) is 13.8 Å². The number of thioether (sulfide) groups is 1. The molecule has 0 aromatic heterocycles. The van der Waals surface area contributed by atoms with Crippen LogP contribution in [0.5, 0.6) is 0 Å². The van der Waals surface area contributed by atoms with Gasteiger partial charge in [0.25, 0.3) is 5.91 Å². The molecule has 1 aliphatic heterocycles. The highest BCUT2D eigenvalue weighted by Crippen LogP contribution is 2.37. The van der Waals surface area contributed by atoms with Gasteiger partial charge in [-0.3, -0.25) is 9.69 Å². The molecule has 3 rings (SSSR count). The fourth-order valence-corrected chi connectivity index (χ4v) is 3.90. The second-order valence-electron chi connectivity index (χ2n) is 5.86. The molecule has 0 atom stereocenters. The minimum atomic E-state index is -1.02. The molecule has 0 aliphatic carbocycles. The molecule has 0 spiro atoms. The average molecular weight is 401 g/mol. The molecule has 2 aromatic rings. The number of amidine groups is 1. The van der Waals surface area contributed by atoms with E-state index in [0.717, 1.165) is 11.1 Å². The highest BCUT2D eigenvalue weighted by molar-refractivity contribution is 8.18. The van der Waals surface area contributed by atoms with Crippen molar-refractivity contribution in [3.05, 3.63) is 69.6 Å². The molecule has 1 aliphatic rings. The highest BCUT2D eigenvalue weighted by atomic mass is 35.5. The number of halogens is 1. The van der Waals surface area contributed by atoms with Crippen LogP contribution in [0.1, 0.15) is 29.8 Å². The third kappa shape index (κ3) is 4.07. The summed E-state index contributed by atoms with van der Waals surface area (Å²) in [6, 6.07) is 13.7. The molecule has 1 amide bonds. The van der Waals surface area contributed by atoms with Gasteiger partial charge < -0.3 is 5.11 Å². The van der Waals surface area contributed by atoms with Gasteiger partial charge in [-0.25, -0.2) is 9.79 Å². The SMILES string of the molecule is CCN1C(=O)/C(=C(\C)c2ccc(Cl)cc2)SC1=Nc1cccc(C(=O)O)c1. The lowest BCUT2D eigenvalue weighted by atomic mass is 10.1. The molecule has 1 heterocycles. The summed E-state index contributed by atoms with van der Waals surface area (Å²) in [5.41, 5.74) is 2.42. The van der Waals surface area contributed by atoms with Crippen LogP contribution < -0.4 is 0 Å². The van der Waals surface area contributed by atoms with Crippen LogP contribution in [0.4, 0.5) is 5.69 Å². The van der Waals surface area contributed by atoms with Crippen LogP contribution in [-0.4, -0.2) is 33.6 Å². The van der Waals surface area contributed by atoms with Gasteiger partial charge >= 0.3 is 5.97 Å². The number of hydrogen-bond donors (Lipinski definition) is 1. The number of nitrogens with zero attached hydrogens (tertiary/aromatic N) is 2. The zero-order valence-electron chi connectivity index (χ0n) is 14.8. The maximum absolute atomic E-state index is 12.8. The van der Waals surface area contributed by atoms with Crippen molar-refractivity contribution >= 4 is 51.7 Å². The smallest absolute Gasteiger partial charge is 0.335 e. The Hall–Kier alpha value is -2.57. The zero-order valence-corrected chi connectivity index (χ0v) is 16.3. The van der Waals surface area contributed by atoms with Crippen molar-refractivity contribution in [1.29, 1.82) is 0 Å². The molecule has 1 saturated heterocycles. The maximum Gasteiger partial charge on any atom is 0.335 e. The van der Waals surface area contributed by atoms with E-state index in [1.54, 1.807) is 29.2 Å². The van der Waals surface area contributed by atoms with Gasteiger partial charge in [-0.05, 0) is 67.1 Å². The topological polar surface area (TPSA) is 70.0 Å². The number of carbonyl (C=O) groups is 2. The Balaban J connectivity index is 1.99. The van der Waals surface area contributed by atoms with Crippen molar-refractivity contribution in [3.63, 3.8) is 0 Å². The van der Waals surface area contributed by atoms with Crippen molar-refractivity contribution < 1.29 is 14.7 Å². The van der Waals surface area contributed by atoms with Gasteiger partial charge in [0, 0.05) is 11.6 Å². The Morgan fingerprint density at radius 3 is 2.52 bits per heavy atom. The highest BCUT2D eigenvalue weighted by Gasteiger charge is 2.34. The lowest BCUT2D eigenvalue weighted by Crippen LogP contribution is -2.28. The van der Waals surface area contributed by atoms with Crippen molar-refractivity contribution in [2.24, 2.45) is 4.99 Å². The molecule has 27 heavy (non-hydrogen) atoms. The number of benzene rings is 2. The monoisotopic (exact) mass is 400 g/mol. The lowest BCUT2D eigenvalue weighted by Gasteiger charge is -2.12. The second kappa shape index (κ2) is 7.98. The number of carboxylic acid groups (broad SMARTS) is 1. The van der Waals surface area contributed by atoms with Gasteiger partial charge in [-0.15, -0.1) is 0 Å². The summed E-state index contributed by atoms with van der Waals surface area (Å²) < 4.78 is 0. The Labute approximate surface area is 166 Å². The van der Waals surface area contributed by atoms with Crippen LogP contribution in [0.3, 0.4) is 0 Å². The quantitative estimate of drug-likeness (QED) is 0.729. The molecule has 7 heteroatoms. The fraction of sp³-hybridized carbons (Fsp3) is 0.150. The minimum Gasteiger partial charge on any atom is -0.478 e. The molecular formula is C20H17ClN2O3S. The standard InChI is InChI=1S/C20H17ClN2O3S/c1-3-23-18(24)17(12(2)13-7-9-15(21)10-8-13)27-20(23)22-16-6-4-5-14(11-16)19(25)26/h4-11H,3H2,1-2H3,(H,25,26)/b17-12-,22-20?. The van der Waals surface area contributed by atoms with E-state index in [9.17, 15) is 9.59 Å². The number of aromatic carboxylic acids is 1. The van der Waals surface area contributed by atoms with Crippen LogP contribution in [0.15, 0.2) is 58.4 Å². The third-order valence-corrected chi connectivity index (χ3v) is 5.55. The molecule has 0 saturated carbocycles. The van der Waals surface area contributed by atoms with Gasteiger partial charge in [-0.2, -0.15) is 0 Å². The lowest BCUT2D eigenvalue weighted by molar-refractivity contribution is -0.122. The van der Waals surface area contributed by atoms with Gasteiger partial charge in [0.15, 0.2) is 5.17 Å². The summed E-state index contributed by atoms with van der Waals surface area (Å²) in [6.45, 7) is 4.24. The number of rotatable bonds is 4. The summed E-state index contributed by atoms with van der Waals surface area (Å²) in [5.74, 6) is -1.12. The summed E-state index contributed by atoms with van der Waals surface area (Å²) in [6.07, 6.45) is 0. The average Bonchev–Trinajstić information content (AvgIpc) is 2.97. The van der Waals surface area contributed by atoms with Gasteiger partial charge in [-0.1, -0.05) is 29.8 Å². The number of aliphatic imine (C=N–C) groups is 1. The van der Waals surface area contributed by atoms with Crippen molar-refractivity contribution in [2.75, 3.05) is 6.54 Å². The molecule has 0 bridgehead atoms. The Kier molecular flexibility index (Phi) is 5.68. The first kappa shape index (κ1) is 19.2. The van der Waals surface area contributed by atoms with E-state index in [-0.39, 0.29) is 11.5 Å². The van der Waals surface area contributed by atoms with E-state index in [1.165, 1.54) is 23.9 Å². The number of hydrogen-bond acceptors (Lipinski definition) is 4. The minimum absolute atomic E-state index is 0.108. The Bertz CT molecular complexity index is 967. The molecule has 1 fully saturated rings. The molecule has 0 unspecified atom stereocenters. The first-order valence-electron chi connectivity index (χ1n) is 8.29. The predicted octanol–water partition coefficient (Wildman–Crippen LogP) is 5.05. The largest absolute Gasteiger partial charge is 0.478 e. The van der Waals surface area contributed by atoms with E-state index < -0.39 is 5.97 Å². The maximum atomic E-state index is 12.8. The first-order valence-corrected chi connectivity index (χ1v) is 9.48. The number of allylic oxidation sites excluding steroid dienone is 1. The number of amides is 1. The zero-order chi connectivity index (χ0) is 19.6. The van der Waals surface area contributed by atoms with E-state index in [2.05, 4.69) is 4.99 Å². The van der Waals surface area contributed by atoms with E-state index in [4.69, 9.17) is 16.7 Å². The number of likely N-dealkylation sites (N-methyl/N-ethyl adjacent to an activating group) is 1. The van der Waals surface area contributed by atoms with E-state index >= 15 is 0 Å². The molecule has 0 radical (unpaired) electrons. The number of carboxylic acids is 1. The summed E-state index contributed by atoms with van der Waals surface area (Å²) >= 11 is 7.23. The number of carbonyl (C=O) groups excluding carboxylic acids is 1. The van der Waals surface area contributed by atoms with Crippen LogP contribution in [0.2, 0.25) is 5.02 Å². The van der Waals surface area contributed by atoms with Crippen molar-refractivity contribution in [3.8, 4) is 0 Å². The molecule has 1 N–H and O–H groups in total. The van der Waals surface area contributed by atoms with E-state index in [0.29, 0.717) is 27.3 Å². The molecule has 138 valence electrons. The van der Waals surface area contributed by atoms with Crippen LogP contribution in [-0.2, 0) is 4.79 Å². The Morgan fingerprint density at radius 1 is 1.19 bits per heavy atom. The first-order chi connectivity index (χ1) is 12.9. The summed E-state index contributed by atoms with van der Waals surface area (Å²) in [4.78, 5) is 30.7. The molecular weight excluding hydrogens is 384 g/mol. The summed E-state index contributed by atoms with van der Waals surface area (Å²) in [5, 5.41) is 10.3. The van der Waals surface area contributed by atoms with Crippen molar-refractivity contribution in [1.82, 2.24) is 4.90 Å². The van der Waals surface area contributed by atoms with Gasteiger partial charge in [0.05, 0.1) is 16.2 Å². The molecule has 5 nitrogen and oxygen atoms in total. The van der Waals surface area contributed by atoms with Crippen LogP contribution >= 0.6 is 23.4 Å². The molecule has 2 aromatic carbocycles. The Morgan fingerprint density at radius 2 is 1.89 bits per heavy atom.